The van der Waals surface area contributed by atoms with Crippen LogP contribution in [0.4, 0.5) is 5.82 Å². The second-order valence-corrected chi connectivity index (χ2v) is 2.84. The molecular weight excluding hydrogens is 166 g/mol. The van der Waals surface area contributed by atoms with Gasteiger partial charge >= 0.3 is 0 Å². The van der Waals surface area contributed by atoms with Gasteiger partial charge < -0.3 is 15.6 Å². The monoisotopic (exact) mass is 181 g/mol. The molecule has 0 bridgehead atoms. The van der Waals surface area contributed by atoms with Gasteiger partial charge in [0.25, 0.3) is 0 Å². The second-order valence-electron chi connectivity index (χ2n) is 2.84. The molecule has 0 aromatic carbocycles. The summed E-state index contributed by atoms with van der Waals surface area (Å²) >= 11 is 0. The molecule has 0 spiro atoms. The van der Waals surface area contributed by atoms with Crippen LogP contribution in [0.25, 0.3) is 0 Å². The summed E-state index contributed by atoms with van der Waals surface area (Å²) in [6.45, 7) is 0.873. The number of amides is 1. The third kappa shape index (κ3) is 3.75. The number of carbonyl (C=O) groups is 1. The lowest BCUT2D eigenvalue weighted by molar-refractivity contribution is -0.116. The van der Waals surface area contributed by atoms with Crippen LogP contribution in [-0.4, -0.2) is 24.5 Å². The summed E-state index contributed by atoms with van der Waals surface area (Å²) in [5, 5.41) is 5.75. The minimum Gasteiger partial charge on any atom is -0.348 e. The Labute approximate surface area is 77.7 Å². The Morgan fingerprint density at radius 3 is 3.08 bits per heavy atom. The van der Waals surface area contributed by atoms with Gasteiger partial charge in [-0.1, -0.05) is 0 Å². The molecule has 1 aromatic heterocycles. The number of aromatic amines is 1. The average Bonchev–Trinajstić information content (AvgIpc) is 2.57. The molecule has 4 nitrogen and oxygen atoms in total. The number of hydrogen-bond acceptors (Lipinski definition) is 2. The van der Waals surface area contributed by atoms with Gasteiger partial charge in [0.05, 0.1) is 0 Å². The zero-order valence-electron chi connectivity index (χ0n) is 7.76. The summed E-state index contributed by atoms with van der Waals surface area (Å²) in [4.78, 5) is 14.1. The van der Waals surface area contributed by atoms with Crippen molar-refractivity contribution in [3.8, 4) is 0 Å². The predicted molar refractivity (Wildman–Crippen MR) is 52.6 cm³/mol. The first-order valence-electron chi connectivity index (χ1n) is 4.41. The van der Waals surface area contributed by atoms with E-state index in [1.165, 1.54) is 0 Å². The molecule has 4 heteroatoms. The molecule has 1 aromatic rings. The van der Waals surface area contributed by atoms with Crippen LogP contribution in [0.1, 0.15) is 12.8 Å². The van der Waals surface area contributed by atoms with Crippen LogP contribution in [0.2, 0.25) is 0 Å². The Morgan fingerprint density at radius 2 is 2.46 bits per heavy atom. The van der Waals surface area contributed by atoms with Crippen LogP contribution in [0, 0.1) is 0 Å². The summed E-state index contributed by atoms with van der Waals surface area (Å²) in [5.74, 6) is 0.812. The van der Waals surface area contributed by atoms with Gasteiger partial charge in [0.2, 0.25) is 5.91 Å². The number of nitrogens with one attached hydrogen (secondary N) is 3. The molecule has 0 atom stereocenters. The SMILES string of the molecule is CNCCCC(=O)Nc1ccc[nH]1. The molecule has 0 aliphatic carbocycles. The van der Waals surface area contributed by atoms with E-state index in [1.807, 2.05) is 19.2 Å². The molecule has 13 heavy (non-hydrogen) atoms. The van der Waals surface area contributed by atoms with Crippen LogP contribution in [-0.2, 0) is 4.79 Å². The van der Waals surface area contributed by atoms with Gasteiger partial charge in [-0.3, -0.25) is 4.79 Å². The van der Waals surface area contributed by atoms with Crippen molar-refractivity contribution in [1.29, 1.82) is 0 Å². The number of hydrogen-bond donors (Lipinski definition) is 3. The van der Waals surface area contributed by atoms with E-state index < -0.39 is 0 Å². The molecule has 0 aliphatic heterocycles. The third-order valence-electron chi connectivity index (χ3n) is 1.70. The Balaban J connectivity index is 2.18. The third-order valence-corrected chi connectivity index (χ3v) is 1.70. The maximum absolute atomic E-state index is 11.2. The molecule has 0 unspecified atom stereocenters. The first-order chi connectivity index (χ1) is 6.33. The molecule has 0 saturated heterocycles. The van der Waals surface area contributed by atoms with Crippen LogP contribution < -0.4 is 10.6 Å². The maximum Gasteiger partial charge on any atom is 0.225 e. The van der Waals surface area contributed by atoms with Gasteiger partial charge in [0, 0.05) is 12.6 Å². The molecule has 3 N–H and O–H groups in total. The predicted octanol–water partition coefficient (Wildman–Crippen LogP) is 0.953. The molecule has 0 saturated carbocycles. The van der Waals surface area contributed by atoms with Gasteiger partial charge in [-0.2, -0.15) is 0 Å². The van der Waals surface area contributed by atoms with E-state index in [0.29, 0.717) is 6.42 Å². The van der Waals surface area contributed by atoms with Crippen molar-refractivity contribution < 1.29 is 4.79 Å². The Hall–Kier alpha value is -1.29. The number of aromatic nitrogens is 1. The van der Waals surface area contributed by atoms with Crippen molar-refractivity contribution in [2.45, 2.75) is 12.8 Å². The Bertz CT molecular complexity index is 243. The zero-order chi connectivity index (χ0) is 9.52. The summed E-state index contributed by atoms with van der Waals surface area (Å²) in [6, 6.07) is 3.68. The highest BCUT2D eigenvalue weighted by Gasteiger charge is 2.00. The smallest absolute Gasteiger partial charge is 0.225 e. The summed E-state index contributed by atoms with van der Waals surface area (Å²) in [5.41, 5.74) is 0. The quantitative estimate of drug-likeness (QED) is 0.592. The van der Waals surface area contributed by atoms with Crippen molar-refractivity contribution in [3.63, 3.8) is 0 Å². The van der Waals surface area contributed by atoms with E-state index in [4.69, 9.17) is 0 Å². The average molecular weight is 181 g/mol. The number of rotatable bonds is 5. The minimum atomic E-state index is 0.0534. The first-order valence-corrected chi connectivity index (χ1v) is 4.41. The molecular formula is C9H15N3O. The van der Waals surface area contributed by atoms with E-state index in [9.17, 15) is 4.79 Å². The summed E-state index contributed by atoms with van der Waals surface area (Å²) in [7, 11) is 1.88. The van der Waals surface area contributed by atoms with Gasteiger partial charge in [0.1, 0.15) is 5.82 Å². The van der Waals surface area contributed by atoms with Crippen LogP contribution in [0.15, 0.2) is 18.3 Å². The fraction of sp³-hybridized carbons (Fsp3) is 0.444. The van der Waals surface area contributed by atoms with Crippen LogP contribution in [0.3, 0.4) is 0 Å². The van der Waals surface area contributed by atoms with Crippen LogP contribution >= 0.6 is 0 Å². The standard InChI is InChI=1S/C9H15N3O/c1-10-6-3-5-9(13)12-8-4-2-7-11-8/h2,4,7,10-11H,3,5-6H2,1H3,(H,12,13). The fourth-order valence-corrected chi connectivity index (χ4v) is 1.05. The van der Waals surface area contributed by atoms with E-state index in [2.05, 4.69) is 15.6 Å². The minimum absolute atomic E-state index is 0.0534. The topological polar surface area (TPSA) is 56.9 Å². The molecule has 72 valence electrons. The second kappa shape index (κ2) is 5.37. The van der Waals surface area contributed by atoms with Gasteiger partial charge in [-0.25, -0.2) is 0 Å². The lowest BCUT2D eigenvalue weighted by atomic mass is 10.3. The van der Waals surface area contributed by atoms with Crippen LogP contribution in [0.5, 0.6) is 0 Å². The van der Waals surface area contributed by atoms with E-state index in [1.54, 1.807) is 6.20 Å². The van der Waals surface area contributed by atoms with Gasteiger partial charge in [0.15, 0.2) is 0 Å². The first kappa shape index (κ1) is 9.80. The van der Waals surface area contributed by atoms with Crippen molar-refractivity contribution in [2.24, 2.45) is 0 Å². The van der Waals surface area contributed by atoms with Crippen molar-refractivity contribution in [3.05, 3.63) is 18.3 Å². The highest BCUT2D eigenvalue weighted by atomic mass is 16.1. The normalized spacial score (nSPS) is 9.92. The maximum atomic E-state index is 11.2. The molecule has 1 amide bonds. The lowest BCUT2D eigenvalue weighted by Crippen LogP contribution is -2.15. The van der Waals surface area contributed by atoms with E-state index in [0.717, 1.165) is 18.8 Å². The van der Waals surface area contributed by atoms with Crippen molar-refractivity contribution in [1.82, 2.24) is 10.3 Å². The Kier molecular flexibility index (Phi) is 4.05. The van der Waals surface area contributed by atoms with E-state index >= 15 is 0 Å². The largest absolute Gasteiger partial charge is 0.348 e. The summed E-state index contributed by atoms with van der Waals surface area (Å²) < 4.78 is 0. The van der Waals surface area contributed by atoms with Crippen molar-refractivity contribution >= 4 is 11.7 Å². The molecule has 0 fully saturated rings. The summed E-state index contributed by atoms with van der Waals surface area (Å²) in [6.07, 6.45) is 3.20. The Morgan fingerprint density at radius 1 is 1.62 bits per heavy atom. The number of anilines is 1. The highest BCUT2D eigenvalue weighted by Crippen LogP contribution is 2.02. The molecule has 1 heterocycles. The van der Waals surface area contributed by atoms with Crippen molar-refractivity contribution in [2.75, 3.05) is 18.9 Å². The molecule has 1 rings (SSSR count). The molecule has 0 radical (unpaired) electrons. The lowest BCUT2D eigenvalue weighted by Gasteiger charge is -2.01. The highest BCUT2D eigenvalue weighted by molar-refractivity contribution is 5.89. The van der Waals surface area contributed by atoms with E-state index in [-0.39, 0.29) is 5.91 Å². The van der Waals surface area contributed by atoms with Gasteiger partial charge in [-0.15, -0.1) is 0 Å². The molecule has 0 aliphatic rings. The van der Waals surface area contributed by atoms with Gasteiger partial charge in [-0.05, 0) is 32.1 Å². The number of carbonyl (C=O) groups excluding carboxylic acids is 1. The zero-order valence-corrected chi connectivity index (χ0v) is 7.76. The number of H-pyrrole nitrogens is 1. The fourth-order valence-electron chi connectivity index (χ4n) is 1.05.